The molecule has 1 saturated heterocycles. The van der Waals surface area contributed by atoms with Gasteiger partial charge in [-0.25, -0.2) is 0 Å². The van der Waals surface area contributed by atoms with Crippen molar-refractivity contribution < 1.29 is 19.4 Å². The van der Waals surface area contributed by atoms with Gasteiger partial charge in [0.2, 0.25) is 0 Å². The molecular weight excluding hydrogens is 565 g/mol. The third kappa shape index (κ3) is 6.90. The fourth-order valence-corrected chi connectivity index (χ4v) is 5.87. The molecule has 0 bridgehead atoms. The molecule has 4 rings (SSSR count). The second-order valence-corrected chi connectivity index (χ2v) is 13.0. The summed E-state index contributed by atoms with van der Waals surface area (Å²) in [6, 6.07) is 14.8. The van der Waals surface area contributed by atoms with Gasteiger partial charge in [0, 0.05) is 22.9 Å². The van der Waals surface area contributed by atoms with Crippen LogP contribution in [0.2, 0.25) is 0 Å². The lowest BCUT2D eigenvalue weighted by molar-refractivity contribution is -0.268. The van der Waals surface area contributed by atoms with Crippen LogP contribution in [-0.2, 0) is 20.9 Å². The average molecular weight is 589 g/mol. The maximum Gasteiger partial charge on any atom is 0.276 e. The zero-order valence-electron chi connectivity index (χ0n) is 19.4. The Morgan fingerprint density at radius 3 is 2.33 bits per heavy atom. The number of hydrogen-bond acceptors (Lipinski definition) is 8. The van der Waals surface area contributed by atoms with Gasteiger partial charge in [-0.1, -0.05) is 101 Å². The molecule has 0 aliphatic carbocycles. The number of aryl methyl sites for hydroxylation is 1. The maximum atomic E-state index is 12.0. The van der Waals surface area contributed by atoms with Gasteiger partial charge in [-0.15, -0.1) is 10.2 Å². The first-order valence-electron chi connectivity index (χ1n) is 11.1. The Morgan fingerprint density at radius 2 is 1.75 bits per heavy atom. The molecule has 2 aromatic carbocycles. The second kappa shape index (κ2) is 12.0. The third-order valence-electron chi connectivity index (χ3n) is 5.70. The van der Waals surface area contributed by atoms with E-state index in [-0.39, 0.29) is 24.7 Å². The van der Waals surface area contributed by atoms with E-state index in [4.69, 9.17) is 44.3 Å². The number of thioether (sulfide) groups is 1. The Labute approximate surface area is 232 Å². The van der Waals surface area contributed by atoms with E-state index in [1.807, 2.05) is 31.2 Å². The van der Waals surface area contributed by atoms with Crippen molar-refractivity contribution in [3.63, 3.8) is 0 Å². The van der Waals surface area contributed by atoms with E-state index in [0.29, 0.717) is 11.4 Å². The SMILES string of the molecule is Cc1nnc(SC[C@@H]2O[C@H](c3ccc(NC(=O)C(Cl)(Cl)Cl)cc3)O[C@H](c3ccc(CO)cc3)[C@@H]2C)s1. The number of carbonyl (C=O) groups excluding carboxylic acids is 1. The fraction of sp³-hybridized carbons (Fsp3) is 0.375. The summed E-state index contributed by atoms with van der Waals surface area (Å²) in [6.07, 6.45) is -1.00. The van der Waals surface area contributed by atoms with E-state index in [1.54, 1.807) is 47.4 Å². The van der Waals surface area contributed by atoms with Crippen LogP contribution in [0.25, 0.3) is 0 Å². The number of amides is 1. The molecular formula is C24H24Cl3N3O4S2. The first-order chi connectivity index (χ1) is 17.1. The molecule has 1 aliphatic heterocycles. The van der Waals surface area contributed by atoms with E-state index in [0.717, 1.165) is 26.0 Å². The van der Waals surface area contributed by atoms with Gasteiger partial charge in [0.05, 0.1) is 18.8 Å². The number of aromatic nitrogens is 2. The number of benzene rings is 2. The number of alkyl halides is 3. The van der Waals surface area contributed by atoms with Crippen molar-refractivity contribution in [1.82, 2.24) is 10.2 Å². The molecule has 12 heteroatoms. The number of hydrogen-bond donors (Lipinski definition) is 2. The van der Waals surface area contributed by atoms with Gasteiger partial charge in [0.1, 0.15) is 5.01 Å². The molecule has 3 aromatic rings. The number of aliphatic hydroxyl groups excluding tert-OH is 1. The lowest BCUT2D eigenvalue weighted by atomic mass is 9.91. The quantitative estimate of drug-likeness (QED) is 0.250. The number of nitrogens with one attached hydrogen (secondary N) is 1. The van der Waals surface area contributed by atoms with E-state index in [9.17, 15) is 9.90 Å². The molecule has 192 valence electrons. The molecule has 0 unspecified atom stereocenters. The van der Waals surface area contributed by atoms with Crippen LogP contribution in [0, 0.1) is 12.8 Å². The predicted octanol–water partition coefficient (Wildman–Crippen LogP) is 6.23. The highest BCUT2D eigenvalue weighted by atomic mass is 35.6. The Morgan fingerprint density at radius 1 is 1.08 bits per heavy atom. The van der Waals surface area contributed by atoms with Crippen molar-refractivity contribution in [3.05, 3.63) is 70.2 Å². The van der Waals surface area contributed by atoms with Crippen LogP contribution in [0.5, 0.6) is 0 Å². The Bertz CT molecular complexity index is 1170. The smallest absolute Gasteiger partial charge is 0.276 e. The number of rotatable bonds is 7. The van der Waals surface area contributed by atoms with Gasteiger partial charge in [-0.3, -0.25) is 4.79 Å². The van der Waals surface area contributed by atoms with E-state index < -0.39 is 16.0 Å². The molecule has 36 heavy (non-hydrogen) atoms. The van der Waals surface area contributed by atoms with Crippen LogP contribution in [0.1, 0.15) is 41.0 Å². The lowest BCUT2D eigenvalue weighted by Gasteiger charge is -2.41. The highest BCUT2D eigenvalue weighted by Gasteiger charge is 2.38. The summed E-state index contributed by atoms with van der Waals surface area (Å²) >= 11 is 20.1. The molecule has 0 radical (unpaired) electrons. The summed E-state index contributed by atoms with van der Waals surface area (Å²) in [4.78, 5) is 12.0. The molecule has 0 saturated carbocycles. The number of carbonyl (C=O) groups is 1. The molecule has 1 aliphatic rings. The van der Waals surface area contributed by atoms with Crippen LogP contribution >= 0.6 is 57.9 Å². The molecule has 1 aromatic heterocycles. The van der Waals surface area contributed by atoms with E-state index in [1.165, 1.54) is 0 Å². The minimum absolute atomic E-state index is 0.0191. The minimum Gasteiger partial charge on any atom is -0.392 e. The number of aliphatic hydroxyl groups is 1. The Hall–Kier alpha value is -1.43. The van der Waals surface area contributed by atoms with Crippen LogP contribution in [0.3, 0.4) is 0 Å². The average Bonchev–Trinajstić information content (AvgIpc) is 3.28. The number of anilines is 1. The summed E-state index contributed by atoms with van der Waals surface area (Å²) in [5, 5.41) is 21.2. The molecule has 4 atom stereocenters. The molecule has 2 N–H and O–H groups in total. The largest absolute Gasteiger partial charge is 0.392 e. The standard InChI is InChI=1S/C24H24Cl3N3O4S2/c1-13-19(12-35-23-30-29-14(2)36-23)33-21(34-20(13)16-5-3-15(11-31)4-6-16)17-7-9-18(10-8-17)28-22(32)24(25,26)27/h3-10,13,19-21,31H,11-12H2,1-2H3,(H,28,32)/t13-,19+,20+,21+/m1/s1. The van der Waals surface area contributed by atoms with E-state index in [2.05, 4.69) is 22.4 Å². The molecule has 1 fully saturated rings. The number of nitrogens with zero attached hydrogens (tertiary/aromatic N) is 2. The Kier molecular flexibility index (Phi) is 9.17. The van der Waals surface area contributed by atoms with Gasteiger partial charge >= 0.3 is 0 Å². The minimum atomic E-state index is -2.06. The van der Waals surface area contributed by atoms with Crippen molar-refractivity contribution in [3.8, 4) is 0 Å². The molecule has 7 nitrogen and oxygen atoms in total. The summed E-state index contributed by atoms with van der Waals surface area (Å²) in [6.45, 7) is 4.01. The summed E-state index contributed by atoms with van der Waals surface area (Å²) < 4.78 is 11.7. The van der Waals surface area contributed by atoms with Crippen molar-refractivity contribution in [2.75, 3.05) is 11.1 Å². The predicted molar refractivity (Wildman–Crippen MR) is 144 cm³/mol. The van der Waals surface area contributed by atoms with Crippen molar-refractivity contribution in [2.45, 2.75) is 47.1 Å². The normalized spacial score (nSPS) is 22.4. The van der Waals surface area contributed by atoms with Crippen molar-refractivity contribution in [2.24, 2.45) is 5.92 Å². The highest BCUT2D eigenvalue weighted by Crippen LogP contribution is 2.43. The van der Waals surface area contributed by atoms with Gasteiger partial charge in [0.25, 0.3) is 9.70 Å². The monoisotopic (exact) mass is 587 g/mol. The van der Waals surface area contributed by atoms with E-state index >= 15 is 0 Å². The molecule has 1 amide bonds. The lowest BCUT2D eigenvalue weighted by Crippen LogP contribution is -2.38. The zero-order valence-corrected chi connectivity index (χ0v) is 23.3. The molecule has 2 heterocycles. The van der Waals surface area contributed by atoms with Crippen molar-refractivity contribution >= 4 is 69.5 Å². The van der Waals surface area contributed by atoms with Crippen molar-refractivity contribution in [1.29, 1.82) is 0 Å². The van der Waals surface area contributed by atoms with Gasteiger partial charge in [-0.2, -0.15) is 0 Å². The van der Waals surface area contributed by atoms with Crippen LogP contribution in [0.4, 0.5) is 5.69 Å². The van der Waals surface area contributed by atoms with Gasteiger partial charge in [0.15, 0.2) is 10.6 Å². The van der Waals surface area contributed by atoms with Crippen LogP contribution in [-0.4, -0.2) is 36.9 Å². The van der Waals surface area contributed by atoms with Gasteiger partial charge < -0.3 is 19.9 Å². The fourth-order valence-electron chi connectivity index (χ4n) is 3.73. The zero-order chi connectivity index (χ0) is 25.9. The van der Waals surface area contributed by atoms with Gasteiger partial charge in [-0.05, 0) is 30.2 Å². The Balaban J connectivity index is 1.54. The topological polar surface area (TPSA) is 93.6 Å². The van der Waals surface area contributed by atoms with Crippen LogP contribution < -0.4 is 5.32 Å². The highest BCUT2D eigenvalue weighted by molar-refractivity contribution is 8.01. The second-order valence-electron chi connectivity index (χ2n) is 8.29. The van der Waals surface area contributed by atoms with Crippen LogP contribution in [0.15, 0.2) is 52.9 Å². The first-order valence-corrected chi connectivity index (χ1v) is 14.0. The number of ether oxygens (including phenoxy) is 2. The molecule has 0 spiro atoms. The number of halogens is 3. The summed E-state index contributed by atoms with van der Waals surface area (Å²) in [5.41, 5.74) is 3.10. The summed E-state index contributed by atoms with van der Waals surface area (Å²) in [5.74, 6) is -0.0154. The maximum absolute atomic E-state index is 12.0. The summed E-state index contributed by atoms with van der Waals surface area (Å²) in [7, 11) is 0. The first kappa shape index (κ1) is 27.6. The third-order valence-corrected chi connectivity index (χ3v) is 8.28.